The van der Waals surface area contributed by atoms with Gasteiger partial charge in [0.15, 0.2) is 0 Å². The zero-order valence-electron chi connectivity index (χ0n) is 9.00. The molecule has 0 amide bonds. The number of nitrogens with one attached hydrogen (secondary N) is 1. The Kier molecular flexibility index (Phi) is 4.93. The van der Waals surface area contributed by atoms with Crippen molar-refractivity contribution in [2.24, 2.45) is 0 Å². The summed E-state index contributed by atoms with van der Waals surface area (Å²) in [7, 11) is -0.800. The number of nitrogens with zero attached hydrogens (tertiary/aromatic N) is 1. The first-order valence-corrected chi connectivity index (χ1v) is 6.59. The van der Waals surface area contributed by atoms with E-state index in [1.807, 2.05) is 6.07 Å². The van der Waals surface area contributed by atoms with Gasteiger partial charge in [-0.1, -0.05) is 0 Å². The maximum Gasteiger partial charge on any atom is 0.126 e. The molecule has 0 bridgehead atoms. The Labute approximate surface area is 96.7 Å². The van der Waals surface area contributed by atoms with Crippen LogP contribution in [0.15, 0.2) is 18.2 Å². The average Bonchev–Trinajstić information content (AvgIpc) is 2.23. The van der Waals surface area contributed by atoms with E-state index in [0.717, 1.165) is 6.42 Å². The number of benzene rings is 1. The molecule has 0 radical (unpaired) electrons. The van der Waals surface area contributed by atoms with Crippen LogP contribution < -0.4 is 5.32 Å². The third kappa shape index (κ3) is 4.41. The monoisotopic (exact) mass is 240 g/mol. The summed E-state index contributed by atoms with van der Waals surface area (Å²) in [6.07, 6.45) is 2.40. The van der Waals surface area contributed by atoms with E-state index in [0.29, 0.717) is 23.5 Å². The minimum absolute atomic E-state index is 0.293. The van der Waals surface area contributed by atoms with E-state index in [-0.39, 0.29) is 0 Å². The summed E-state index contributed by atoms with van der Waals surface area (Å²) in [4.78, 5) is 0. The molecule has 0 aliphatic heterocycles. The number of nitriles is 1. The van der Waals surface area contributed by atoms with Gasteiger partial charge in [0.2, 0.25) is 0 Å². The molecule has 0 spiro atoms. The van der Waals surface area contributed by atoms with E-state index in [4.69, 9.17) is 5.26 Å². The van der Waals surface area contributed by atoms with E-state index < -0.39 is 16.6 Å². The van der Waals surface area contributed by atoms with Gasteiger partial charge in [-0.3, -0.25) is 4.21 Å². The molecule has 5 heteroatoms. The summed E-state index contributed by atoms with van der Waals surface area (Å²) in [6, 6.07) is 6.00. The van der Waals surface area contributed by atoms with Crippen molar-refractivity contribution in [1.82, 2.24) is 0 Å². The van der Waals surface area contributed by atoms with Crippen LogP contribution in [-0.2, 0) is 10.8 Å². The quantitative estimate of drug-likeness (QED) is 0.799. The van der Waals surface area contributed by atoms with Gasteiger partial charge in [-0.15, -0.1) is 0 Å². The van der Waals surface area contributed by atoms with Crippen molar-refractivity contribution in [2.75, 3.05) is 23.9 Å². The lowest BCUT2D eigenvalue weighted by atomic mass is 10.2. The molecule has 1 rings (SSSR count). The van der Waals surface area contributed by atoms with Crippen LogP contribution in [0.3, 0.4) is 0 Å². The van der Waals surface area contributed by atoms with Crippen LogP contribution in [0.4, 0.5) is 10.1 Å². The lowest BCUT2D eigenvalue weighted by Crippen LogP contribution is -2.06. The molecule has 0 heterocycles. The fraction of sp³-hybridized carbons (Fsp3) is 0.364. The predicted molar refractivity (Wildman–Crippen MR) is 63.2 cm³/mol. The highest BCUT2D eigenvalue weighted by molar-refractivity contribution is 7.84. The Morgan fingerprint density at radius 1 is 1.50 bits per heavy atom. The van der Waals surface area contributed by atoms with Gasteiger partial charge in [0.25, 0.3) is 0 Å². The molecule has 0 fully saturated rings. The van der Waals surface area contributed by atoms with Gasteiger partial charge in [-0.25, -0.2) is 4.39 Å². The van der Waals surface area contributed by atoms with Gasteiger partial charge in [0, 0.05) is 35.0 Å². The van der Waals surface area contributed by atoms with Crippen LogP contribution in [0.5, 0.6) is 0 Å². The normalized spacial score (nSPS) is 11.8. The molecular weight excluding hydrogens is 227 g/mol. The van der Waals surface area contributed by atoms with E-state index in [2.05, 4.69) is 5.32 Å². The molecule has 86 valence electrons. The molecule has 0 aliphatic carbocycles. The number of rotatable bonds is 5. The summed E-state index contributed by atoms with van der Waals surface area (Å²) in [5.74, 6) is 0.188. The molecule has 1 N–H and O–H groups in total. The lowest BCUT2D eigenvalue weighted by molar-refractivity contribution is 0.627. The van der Waals surface area contributed by atoms with Gasteiger partial charge in [0.05, 0.1) is 11.6 Å². The average molecular weight is 240 g/mol. The number of halogens is 1. The highest BCUT2D eigenvalue weighted by Crippen LogP contribution is 2.13. The summed E-state index contributed by atoms with van der Waals surface area (Å²) in [5, 5.41) is 11.6. The van der Waals surface area contributed by atoms with Crippen molar-refractivity contribution >= 4 is 16.5 Å². The second-order valence-corrected chi connectivity index (χ2v) is 4.95. The predicted octanol–water partition coefficient (Wildman–Crippen LogP) is 1.88. The molecule has 16 heavy (non-hydrogen) atoms. The molecule has 1 aromatic rings. The van der Waals surface area contributed by atoms with E-state index in [1.54, 1.807) is 12.3 Å². The zero-order chi connectivity index (χ0) is 12.0. The molecule has 0 aromatic heterocycles. The standard InChI is InChI=1S/C11H13FN2OS/c1-16(15)4-2-3-14-11-6-9(8-13)5-10(12)7-11/h5-7,14H,2-4H2,1H3. The minimum atomic E-state index is -0.800. The second-order valence-electron chi connectivity index (χ2n) is 3.40. The van der Waals surface area contributed by atoms with Gasteiger partial charge in [-0.2, -0.15) is 5.26 Å². The van der Waals surface area contributed by atoms with Crippen molar-refractivity contribution in [2.45, 2.75) is 6.42 Å². The van der Waals surface area contributed by atoms with Crippen LogP contribution in [-0.4, -0.2) is 22.8 Å². The first kappa shape index (κ1) is 12.7. The van der Waals surface area contributed by atoms with E-state index >= 15 is 0 Å². The second kappa shape index (κ2) is 6.23. The van der Waals surface area contributed by atoms with Crippen LogP contribution in [0.1, 0.15) is 12.0 Å². The Bertz CT molecular complexity index is 428. The molecule has 1 aromatic carbocycles. The number of hydrogen-bond acceptors (Lipinski definition) is 3. The lowest BCUT2D eigenvalue weighted by Gasteiger charge is -2.06. The first-order valence-electron chi connectivity index (χ1n) is 4.86. The van der Waals surface area contributed by atoms with Gasteiger partial charge < -0.3 is 5.32 Å². The Balaban J connectivity index is 2.51. The molecular formula is C11H13FN2OS. The van der Waals surface area contributed by atoms with Crippen LogP contribution in [0.2, 0.25) is 0 Å². The highest BCUT2D eigenvalue weighted by atomic mass is 32.2. The van der Waals surface area contributed by atoms with Crippen molar-refractivity contribution < 1.29 is 8.60 Å². The molecule has 1 atom stereocenters. The number of hydrogen-bond donors (Lipinski definition) is 1. The summed E-state index contributed by atoms with van der Waals surface area (Å²) in [6.45, 7) is 0.619. The SMILES string of the molecule is CS(=O)CCCNc1cc(F)cc(C#N)c1. The molecule has 1 unspecified atom stereocenters. The third-order valence-electron chi connectivity index (χ3n) is 1.96. The summed E-state index contributed by atoms with van der Waals surface area (Å²) >= 11 is 0. The molecule has 0 saturated heterocycles. The zero-order valence-corrected chi connectivity index (χ0v) is 9.81. The van der Waals surface area contributed by atoms with Gasteiger partial charge >= 0.3 is 0 Å². The summed E-state index contributed by atoms with van der Waals surface area (Å²) < 4.78 is 23.8. The molecule has 3 nitrogen and oxygen atoms in total. The minimum Gasteiger partial charge on any atom is -0.385 e. The largest absolute Gasteiger partial charge is 0.385 e. The van der Waals surface area contributed by atoms with Gasteiger partial charge in [0.1, 0.15) is 5.82 Å². The third-order valence-corrected chi connectivity index (χ3v) is 2.83. The number of anilines is 1. The fourth-order valence-corrected chi connectivity index (χ4v) is 1.82. The summed E-state index contributed by atoms with van der Waals surface area (Å²) in [5.41, 5.74) is 0.875. The Morgan fingerprint density at radius 2 is 2.25 bits per heavy atom. The Morgan fingerprint density at radius 3 is 2.88 bits per heavy atom. The molecule has 0 saturated carbocycles. The molecule has 0 aliphatic rings. The van der Waals surface area contributed by atoms with Crippen molar-refractivity contribution in [3.63, 3.8) is 0 Å². The smallest absolute Gasteiger partial charge is 0.126 e. The van der Waals surface area contributed by atoms with Crippen molar-refractivity contribution in [3.8, 4) is 6.07 Å². The van der Waals surface area contributed by atoms with Crippen LogP contribution in [0, 0.1) is 17.1 Å². The van der Waals surface area contributed by atoms with Gasteiger partial charge in [-0.05, 0) is 24.6 Å². The van der Waals surface area contributed by atoms with E-state index in [9.17, 15) is 8.60 Å². The highest BCUT2D eigenvalue weighted by Gasteiger charge is 2.00. The fourth-order valence-electron chi connectivity index (χ4n) is 1.26. The van der Waals surface area contributed by atoms with Crippen LogP contribution >= 0.6 is 0 Å². The maximum absolute atomic E-state index is 13.0. The van der Waals surface area contributed by atoms with Crippen molar-refractivity contribution in [3.05, 3.63) is 29.6 Å². The first-order chi connectivity index (χ1) is 7.61. The van der Waals surface area contributed by atoms with Crippen molar-refractivity contribution in [1.29, 1.82) is 5.26 Å². The van der Waals surface area contributed by atoms with E-state index in [1.165, 1.54) is 12.1 Å². The Hall–Kier alpha value is -1.41. The topological polar surface area (TPSA) is 52.9 Å². The van der Waals surface area contributed by atoms with Crippen LogP contribution in [0.25, 0.3) is 0 Å². The maximum atomic E-state index is 13.0.